The summed E-state index contributed by atoms with van der Waals surface area (Å²) in [5.74, 6) is -1.77. The van der Waals surface area contributed by atoms with Crippen LogP contribution in [0.1, 0.15) is 16.2 Å². The van der Waals surface area contributed by atoms with Gasteiger partial charge in [-0.15, -0.1) is 0 Å². The van der Waals surface area contributed by atoms with Gasteiger partial charge in [0.05, 0.1) is 0 Å². The molecule has 0 aliphatic rings. The molecule has 0 bridgehead atoms. The SMILES string of the molecule is O=C(N[C@@H](Cc1ccc(O)cc1)C(=O)O)c1ncn[nH]1. The third kappa shape index (κ3) is 3.31. The van der Waals surface area contributed by atoms with Crippen molar-refractivity contribution in [1.29, 1.82) is 0 Å². The quantitative estimate of drug-likeness (QED) is 0.605. The van der Waals surface area contributed by atoms with E-state index in [0.29, 0.717) is 5.56 Å². The van der Waals surface area contributed by atoms with Crippen molar-refractivity contribution < 1.29 is 19.8 Å². The highest BCUT2D eigenvalue weighted by molar-refractivity contribution is 5.93. The van der Waals surface area contributed by atoms with Gasteiger partial charge in [0.1, 0.15) is 18.1 Å². The Bertz CT molecular complexity index is 594. The predicted octanol–water partition coefficient (Wildman–Crippen LogP) is -0.0640. The summed E-state index contributed by atoms with van der Waals surface area (Å²) in [4.78, 5) is 26.5. The zero-order chi connectivity index (χ0) is 14.5. The van der Waals surface area contributed by atoms with Crippen molar-refractivity contribution in [3.8, 4) is 5.75 Å². The smallest absolute Gasteiger partial charge is 0.326 e. The summed E-state index contributed by atoms with van der Waals surface area (Å²) < 4.78 is 0. The number of benzene rings is 1. The van der Waals surface area contributed by atoms with Crippen LogP contribution in [0.4, 0.5) is 0 Å². The number of carboxylic acid groups (broad SMARTS) is 1. The normalized spacial score (nSPS) is 11.8. The molecule has 1 aromatic carbocycles. The lowest BCUT2D eigenvalue weighted by Gasteiger charge is -2.13. The van der Waals surface area contributed by atoms with E-state index in [1.807, 2.05) is 0 Å². The van der Waals surface area contributed by atoms with Crippen LogP contribution < -0.4 is 5.32 Å². The van der Waals surface area contributed by atoms with Crippen LogP contribution >= 0.6 is 0 Å². The van der Waals surface area contributed by atoms with Crippen molar-refractivity contribution in [2.24, 2.45) is 0 Å². The summed E-state index contributed by atoms with van der Waals surface area (Å²) in [6.07, 6.45) is 1.25. The molecule has 104 valence electrons. The molecular formula is C12H12N4O4. The molecule has 1 aromatic heterocycles. The lowest BCUT2D eigenvalue weighted by Crippen LogP contribution is -2.42. The van der Waals surface area contributed by atoms with E-state index in [2.05, 4.69) is 20.5 Å². The summed E-state index contributed by atoms with van der Waals surface area (Å²) >= 11 is 0. The Kier molecular flexibility index (Phi) is 3.94. The summed E-state index contributed by atoms with van der Waals surface area (Å²) in [6.45, 7) is 0. The average Bonchev–Trinajstić information content (AvgIpc) is 2.94. The Labute approximate surface area is 113 Å². The number of carboxylic acids is 1. The third-order valence-corrected chi connectivity index (χ3v) is 2.61. The minimum atomic E-state index is -1.16. The number of hydrogen-bond acceptors (Lipinski definition) is 5. The second-order valence-electron chi connectivity index (χ2n) is 4.07. The number of nitrogens with one attached hydrogen (secondary N) is 2. The molecule has 1 atom stereocenters. The van der Waals surface area contributed by atoms with Crippen molar-refractivity contribution >= 4 is 11.9 Å². The molecule has 2 aromatic rings. The lowest BCUT2D eigenvalue weighted by atomic mass is 10.1. The van der Waals surface area contributed by atoms with Crippen LogP contribution in [0.5, 0.6) is 5.75 Å². The molecule has 1 amide bonds. The molecule has 8 nitrogen and oxygen atoms in total. The van der Waals surface area contributed by atoms with E-state index in [4.69, 9.17) is 10.2 Å². The number of carbonyl (C=O) groups excluding carboxylic acids is 1. The molecule has 0 aliphatic carbocycles. The maximum Gasteiger partial charge on any atom is 0.326 e. The number of aromatic hydroxyl groups is 1. The highest BCUT2D eigenvalue weighted by atomic mass is 16.4. The number of H-pyrrole nitrogens is 1. The van der Waals surface area contributed by atoms with Gasteiger partial charge in [-0.3, -0.25) is 9.89 Å². The number of aromatic nitrogens is 3. The van der Waals surface area contributed by atoms with Gasteiger partial charge in [-0.2, -0.15) is 5.10 Å². The van der Waals surface area contributed by atoms with Gasteiger partial charge in [0.15, 0.2) is 0 Å². The number of nitrogens with zero attached hydrogens (tertiary/aromatic N) is 2. The van der Waals surface area contributed by atoms with Gasteiger partial charge in [0, 0.05) is 6.42 Å². The van der Waals surface area contributed by atoms with Gasteiger partial charge in [0.2, 0.25) is 5.82 Å². The molecule has 0 unspecified atom stereocenters. The van der Waals surface area contributed by atoms with Crippen LogP contribution in [-0.2, 0) is 11.2 Å². The van der Waals surface area contributed by atoms with Crippen molar-refractivity contribution in [3.63, 3.8) is 0 Å². The van der Waals surface area contributed by atoms with Crippen LogP contribution in [0.2, 0.25) is 0 Å². The molecule has 0 spiro atoms. The number of aliphatic carboxylic acids is 1. The van der Waals surface area contributed by atoms with Gasteiger partial charge >= 0.3 is 5.97 Å². The summed E-state index contributed by atoms with van der Waals surface area (Å²) in [5, 5.41) is 26.5. The first kappa shape index (κ1) is 13.5. The first-order valence-corrected chi connectivity index (χ1v) is 5.73. The van der Waals surface area contributed by atoms with Crippen LogP contribution in [0.15, 0.2) is 30.6 Å². The fourth-order valence-corrected chi connectivity index (χ4v) is 1.61. The van der Waals surface area contributed by atoms with Gasteiger partial charge in [0.25, 0.3) is 5.91 Å². The molecule has 0 radical (unpaired) electrons. The Morgan fingerprint density at radius 2 is 2.00 bits per heavy atom. The summed E-state index contributed by atoms with van der Waals surface area (Å²) in [5.41, 5.74) is 0.674. The van der Waals surface area contributed by atoms with Crippen LogP contribution in [0, 0.1) is 0 Å². The largest absolute Gasteiger partial charge is 0.508 e. The van der Waals surface area contributed by atoms with Crippen molar-refractivity contribution in [3.05, 3.63) is 42.0 Å². The molecule has 0 saturated heterocycles. The number of phenols is 1. The molecule has 0 saturated carbocycles. The summed E-state index contributed by atoms with van der Waals surface area (Å²) in [7, 11) is 0. The van der Waals surface area contributed by atoms with Crippen molar-refractivity contribution in [2.45, 2.75) is 12.5 Å². The van der Waals surface area contributed by atoms with E-state index in [-0.39, 0.29) is 18.0 Å². The van der Waals surface area contributed by atoms with E-state index in [0.717, 1.165) is 6.33 Å². The molecule has 8 heteroatoms. The highest BCUT2D eigenvalue weighted by Crippen LogP contribution is 2.11. The van der Waals surface area contributed by atoms with Gasteiger partial charge < -0.3 is 15.5 Å². The van der Waals surface area contributed by atoms with Crippen LogP contribution in [0.3, 0.4) is 0 Å². The van der Waals surface area contributed by atoms with Crippen molar-refractivity contribution in [1.82, 2.24) is 20.5 Å². The van der Waals surface area contributed by atoms with Gasteiger partial charge in [-0.05, 0) is 17.7 Å². The number of aromatic amines is 1. The average molecular weight is 276 g/mol. The Balaban J connectivity index is 2.06. The van der Waals surface area contributed by atoms with E-state index in [1.165, 1.54) is 12.1 Å². The molecule has 4 N–H and O–H groups in total. The topological polar surface area (TPSA) is 128 Å². The Morgan fingerprint density at radius 3 is 2.55 bits per heavy atom. The number of carbonyl (C=O) groups is 2. The van der Waals surface area contributed by atoms with Crippen molar-refractivity contribution in [2.75, 3.05) is 0 Å². The fraction of sp³-hybridized carbons (Fsp3) is 0.167. The van der Waals surface area contributed by atoms with E-state index >= 15 is 0 Å². The minimum Gasteiger partial charge on any atom is -0.508 e. The van der Waals surface area contributed by atoms with E-state index < -0.39 is 17.9 Å². The number of hydrogen-bond donors (Lipinski definition) is 4. The monoisotopic (exact) mass is 276 g/mol. The third-order valence-electron chi connectivity index (χ3n) is 2.61. The first-order chi connectivity index (χ1) is 9.56. The maximum absolute atomic E-state index is 11.7. The van der Waals surface area contributed by atoms with Crippen LogP contribution in [0.25, 0.3) is 0 Å². The lowest BCUT2D eigenvalue weighted by molar-refractivity contribution is -0.139. The zero-order valence-corrected chi connectivity index (χ0v) is 10.3. The van der Waals surface area contributed by atoms with Gasteiger partial charge in [-0.1, -0.05) is 12.1 Å². The molecule has 0 fully saturated rings. The molecule has 0 aliphatic heterocycles. The molecular weight excluding hydrogens is 264 g/mol. The first-order valence-electron chi connectivity index (χ1n) is 5.73. The van der Waals surface area contributed by atoms with Gasteiger partial charge in [-0.25, -0.2) is 9.78 Å². The highest BCUT2D eigenvalue weighted by Gasteiger charge is 2.22. The van der Waals surface area contributed by atoms with Crippen LogP contribution in [-0.4, -0.2) is 43.3 Å². The van der Waals surface area contributed by atoms with E-state index in [9.17, 15) is 9.59 Å². The number of phenolic OH excluding ortho intramolecular Hbond substituents is 1. The molecule has 1 heterocycles. The second kappa shape index (κ2) is 5.83. The maximum atomic E-state index is 11.7. The number of rotatable bonds is 5. The Morgan fingerprint density at radius 1 is 1.30 bits per heavy atom. The molecule has 2 rings (SSSR count). The predicted molar refractivity (Wildman–Crippen MR) is 67.1 cm³/mol. The minimum absolute atomic E-state index is 0.0537. The van der Waals surface area contributed by atoms with E-state index in [1.54, 1.807) is 12.1 Å². The number of amides is 1. The fourth-order valence-electron chi connectivity index (χ4n) is 1.61. The zero-order valence-electron chi connectivity index (χ0n) is 10.3. The summed E-state index contributed by atoms with van der Waals surface area (Å²) in [6, 6.07) is 4.98. The Hall–Kier alpha value is -2.90. The molecule has 20 heavy (non-hydrogen) atoms. The standard InChI is InChI=1S/C12H12N4O4/c17-8-3-1-7(2-4-8)5-9(12(19)20)15-11(18)10-13-6-14-16-10/h1-4,6,9,17H,5H2,(H,15,18)(H,19,20)(H,13,14,16)/t9-/m0/s1. The second-order valence-corrected chi connectivity index (χ2v) is 4.07.